The SMILES string of the molecule is O[C@H]1[C@H]2OC(OC[C@H]2O)[C@H]1O. The van der Waals surface area contributed by atoms with E-state index in [2.05, 4.69) is 0 Å². The molecule has 5 atom stereocenters. The molecule has 1 unspecified atom stereocenters. The molecule has 2 bridgehead atoms. The molecule has 0 radical (unpaired) electrons. The van der Waals surface area contributed by atoms with E-state index < -0.39 is 30.7 Å². The minimum absolute atomic E-state index is 0.115. The first-order chi connectivity index (χ1) is 5.20. The van der Waals surface area contributed by atoms with Gasteiger partial charge in [0.15, 0.2) is 6.29 Å². The lowest BCUT2D eigenvalue weighted by Crippen LogP contribution is -2.41. The summed E-state index contributed by atoms with van der Waals surface area (Å²) in [7, 11) is 0. The van der Waals surface area contributed by atoms with Gasteiger partial charge in [0.25, 0.3) is 0 Å². The maximum absolute atomic E-state index is 9.22. The first kappa shape index (κ1) is 7.45. The van der Waals surface area contributed by atoms with E-state index >= 15 is 0 Å². The Kier molecular flexibility index (Phi) is 1.62. The van der Waals surface area contributed by atoms with Gasteiger partial charge in [-0.2, -0.15) is 0 Å². The lowest BCUT2D eigenvalue weighted by molar-refractivity contribution is -0.233. The van der Waals surface area contributed by atoms with Gasteiger partial charge in [-0.15, -0.1) is 0 Å². The molecule has 3 N–H and O–H groups in total. The van der Waals surface area contributed by atoms with Crippen molar-refractivity contribution in [2.24, 2.45) is 0 Å². The maximum atomic E-state index is 9.22. The van der Waals surface area contributed by atoms with Crippen LogP contribution in [-0.2, 0) is 9.47 Å². The van der Waals surface area contributed by atoms with Gasteiger partial charge in [-0.1, -0.05) is 0 Å². The van der Waals surface area contributed by atoms with E-state index in [4.69, 9.17) is 14.6 Å². The fraction of sp³-hybridized carbons (Fsp3) is 1.00. The van der Waals surface area contributed by atoms with Crippen LogP contribution in [0.4, 0.5) is 0 Å². The zero-order valence-electron chi connectivity index (χ0n) is 5.75. The van der Waals surface area contributed by atoms with Gasteiger partial charge in [0.2, 0.25) is 0 Å². The molecular weight excluding hydrogens is 152 g/mol. The number of aliphatic hydroxyl groups excluding tert-OH is 3. The molecule has 2 fully saturated rings. The highest BCUT2D eigenvalue weighted by Gasteiger charge is 2.50. The summed E-state index contributed by atoms with van der Waals surface area (Å²) in [5.74, 6) is 0. The predicted molar refractivity (Wildman–Crippen MR) is 32.6 cm³/mol. The summed E-state index contributed by atoms with van der Waals surface area (Å²) in [6, 6.07) is 0. The van der Waals surface area contributed by atoms with Crippen LogP contribution in [0.1, 0.15) is 0 Å². The largest absolute Gasteiger partial charge is 0.388 e. The van der Waals surface area contributed by atoms with Crippen molar-refractivity contribution < 1.29 is 24.8 Å². The van der Waals surface area contributed by atoms with Gasteiger partial charge in [-0.3, -0.25) is 0 Å². The normalized spacial score (nSPS) is 56.5. The van der Waals surface area contributed by atoms with Crippen LogP contribution in [-0.4, -0.2) is 52.6 Å². The summed E-state index contributed by atoms with van der Waals surface area (Å²) in [4.78, 5) is 0. The second-order valence-electron chi connectivity index (χ2n) is 2.85. The number of rotatable bonds is 0. The summed E-state index contributed by atoms with van der Waals surface area (Å²) in [6.07, 6.45) is -4.35. The van der Waals surface area contributed by atoms with Crippen molar-refractivity contribution >= 4 is 0 Å². The first-order valence-corrected chi connectivity index (χ1v) is 3.51. The summed E-state index contributed by atoms with van der Waals surface area (Å²) in [5, 5.41) is 27.6. The van der Waals surface area contributed by atoms with Gasteiger partial charge >= 0.3 is 0 Å². The van der Waals surface area contributed by atoms with Gasteiger partial charge in [0.05, 0.1) is 6.61 Å². The number of ether oxygens (including phenoxy) is 2. The molecular formula is C6H10O5. The molecule has 2 rings (SSSR count). The van der Waals surface area contributed by atoms with E-state index in [1.54, 1.807) is 0 Å². The van der Waals surface area contributed by atoms with Crippen LogP contribution in [0.5, 0.6) is 0 Å². The molecule has 0 spiro atoms. The quantitative estimate of drug-likeness (QED) is 0.377. The van der Waals surface area contributed by atoms with Crippen LogP contribution in [0.2, 0.25) is 0 Å². The van der Waals surface area contributed by atoms with Crippen molar-refractivity contribution in [2.45, 2.75) is 30.7 Å². The van der Waals surface area contributed by atoms with Gasteiger partial charge in [-0.05, 0) is 0 Å². The van der Waals surface area contributed by atoms with E-state index in [0.717, 1.165) is 0 Å². The Morgan fingerprint density at radius 2 is 1.82 bits per heavy atom. The lowest BCUT2D eigenvalue weighted by Gasteiger charge is -2.25. The third-order valence-electron chi connectivity index (χ3n) is 2.07. The maximum Gasteiger partial charge on any atom is 0.186 e. The van der Waals surface area contributed by atoms with E-state index in [1.165, 1.54) is 0 Å². The van der Waals surface area contributed by atoms with Crippen molar-refractivity contribution in [3.05, 3.63) is 0 Å². The molecule has 0 aromatic carbocycles. The molecule has 2 saturated heterocycles. The fourth-order valence-electron chi connectivity index (χ4n) is 1.42. The molecule has 2 heterocycles. The molecule has 2 aliphatic rings. The van der Waals surface area contributed by atoms with Gasteiger partial charge in [0, 0.05) is 0 Å². The fourth-order valence-corrected chi connectivity index (χ4v) is 1.42. The Hall–Kier alpha value is -0.200. The van der Waals surface area contributed by atoms with Crippen LogP contribution in [0.25, 0.3) is 0 Å². The zero-order chi connectivity index (χ0) is 8.01. The van der Waals surface area contributed by atoms with Gasteiger partial charge < -0.3 is 24.8 Å². The number of fused-ring (bicyclic) bond motifs is 2. The molecule has 2 aliphatic heterocycles. The topological polar surface area (TPSA) is 79.2 Å². The Morgan fingerprint density at radius 3 is 2.45 bits per heavy atom. The van der Waals surface area contributed by atoms with Crippen LogP contribution in [0, 0.1) is 0 Å². The Morgan fingerprint density at radius 1 is 1.09 bits per heavy atom. The van der Waals surface area contributed by atoms with E-state index in [1.807, 2.05) is 0 Å². The molecule has 0 aromatic heterocycles. The van der Waals surface area contributed by atoms with Crippen LogP contribution >= 0.6 is 0 Å². The van der Waals surface area contributed by atoms with Crippen molar-refractivity contribution in [1.29, 1.82) is 0 Å². The Balaban J connectivity index is 2.16. The third-order valence-corrected chi connectivity index (χ3v) is 2.07. The molecule has 5 heteroatoms. The van der Waals surface area contributed by atoms with Crippen molar-refractivity contribution in [1.82, 2.24) is 0 Å². The third kappa shape index (κ3) is 0.969. The zero-order valence-corrected chi connectivity index (χ0v) is 5.75. The first-order valence-electron chi connectivity index (χ1n) is 3.51. The average molecular weight is 162 g/mol. The summed E-state index contributed by atoms with van der Waals surface area (Å²) < 4.78 is 9.84. The van der Waals surface area contributed by atoms with Gasteiger partial charge in [0.1, 0.15) is 24.4 Å². The number of aliphatic hydroxyl groups is 3. The lowest BCUT2D eigenvalue weighted by atomic mass is 10.1. The van der Waals surface area contributed by atoms with Crippen molar-refractivity contribution in [3.63, 3.8) is 0 Å². The molecule has 11 heavy (non-hydrogen) atoms. The Labute approximate surface area is 63.2 Å². The summed E-state index contributed by atoms with van der Waals surface area (Å²) in [5.41, 5.74) is 0. The smallest absolute Gasteiger partial charge is 0.186 e. The molecule has 5 nitrogen and oxygen atoms in total. The minimum Gasteiger partial charge on any atom is -0.388 e. The molecule has 64 valence electrons. The monoisotopic (exact) mass is 162 g/mol. The molecule has 0 amide bonds. The minimum atomic E-state index is -1.03. The average Bonchev–Trinajstić information content (AvgIpc) is 2.24. The summed E-state index contributed by atoms with van der Waals surface area (Å²) in [6.45, 7) is 0.115. The summed E-state index contributed by atoms with van der Waals surface area (Å²) >= 11 is 0. The van der Waals surface area contributed by atoms with Gasteiger partial charge in [-0.25, -0.2) is 0 Å². The standard InChI is InChI=1S/C6H10O5/c7-2-1-10-6-4(9)3(8)5(2)11-6/h2-9H,1H2/t2-,3-,4+,5+,6?/m1/s1. The molecule has 0 saturated carbocycles. The highest BCUT2D eigenvalue weighted by molar-refractivity contribution is 4.93. The van der Waals surface area contributed by atoms with Crippen molar-refractivity contribution in [2.75, 3.05) is 6.61 Å². The number of hydrogen-bond acceptors (Lipinski definition) is 5. The van der Waals surface area contributed by atoms with Crippen molar-refractivity contribution in [3.8, 4) is 0 Å². The second-order valence-corrected chi connectivity index (χ2v) is 2.85. The predicted octanol–water partition coefficient (Wildman–Crippen LogP) is -2.18. The van der Waals surface area contributed by atoms with Crippen LogP contribution in [0.15, 0.2) is 0 Å². The van der Waals surface area contributed by atoms with E-state index in [-0.39, 0.29) is 6.61 Å². The molecule has 0 aliphatic carbocycles. The highest BCUT2D eigenvalue weighted by atomic mass is 16.7. The van der Waals surface area contributed by atoms with Crippen LogP contribution in [0.3, 0.4) is 0 Å². The van der Waals surface area contributed by atoms with Crippen LogP contribution < -0.4 is 0 Å². The van der Waals surface area contributed by atoms with E-state index in [0.29, 0.717) is 0 Å². The second kappa shape index (κ2) is 2.40. The van der Waals surface area contributed by atoms with E-state index in [9.17, 15) is 10.2 Å². The number of hydrogen-bond donors (Lipinski definition) is 3. The Bertz CT molecular complexity index is 161. The highest BCUT2D eigenvalue weighted by Crippen LogP contribution is 2.28. The molecule has 0 aromatic rings.